The fourth-order valence-electron chi connectivity index (χ4n) is 3.44. The average Bonchev–Trinajstić information content (AvgIpc) is 3.01. The fourth-order valence-corrected chi connectivity index (χ4v) is 3.66. The lowest BCUT2D eigenvalue weighted by molar-refractivity contribution is -0.125. The molecule has 1 atom stereocenters. The fraction of sp³-hybridized carbons (Fsp3) is 0.136. The van der Waals surface area contributed by atoms with Crippen molar-refractivity contribution in [2.45, 2.75) is 19.1 Å². The minimum Gasteiger partial charge on any atom is -0.350 e. The van der Waals surface area contributed by atoms with Crippen LogP contribution in [0.5, 0.6) is 0 Å². The molecule has 4 rings (SSSR count). The molecule has 0 saturated carbocycles. The van der Waals surface area contributed by atoms with Gasteiger partial charge in [-0.2, -0.15) is 0 Å². The predicted molar refractivity (Wildman–Crippen MR) is 107 cm³/mol. The Morgan fingerprint density at radius 3 is 2.76 bits per heavy atom. The molecule has 3 aromatic rings. The largest absolute Gasteiger partial charge is 0.350 e. The summed E-state index contributed by atoms with van der Waals surface area (Å²) in [6.45, 7) is 0.391. The summed E-state index contributed by atoms with van der Waals surface area (Å²) in [5.74, 6) is -1.02. The molecule has 0 fully saturated rings. The summed E-state index contributed by atoms with van der Waals surface area (Å²) in [5.41, 5.74) is 2.54. The molecule has 2 aromatic carbocycles. The number of nitrogens with zero attached hydrogens (tertiary/aromatic N) is 2. The molecule has 2 amide bonds. The molecule has 29 heavy (non-hydrogen) atoms. The lowest BCUT2D eigenvalue weighted by atomic mass is 10.0. The number of nitrogens with one attached hydrogen (secondary N) is 1. The Kier molecular flexibility index (Phi) is 5.27. The highest BCUT2D eigenvalue weighted by Gasteiger charge is 2.40. The number of hydrogen-bond donors (Lipinski definition) is 1. The van der Waals surface area contributed by atoms with Gasteiger partial charge < -0.3 is 10.2 Å². The van der Waals surface area contributed by atoms with E-state index in [-0.39, 0.29) is 23.4 Å². The van der Waals surface area contributed by atoms with Gasteiger partial charge in [0, 0.05) is 36.1 Å². The second kappa shape index (κ2) is 8.01. The van der Waals surface area contributed by atoms with Crippen LogP contribution in [-0.4, -0.2) is 21.7 Å². The highest BCUT2D eigenvalue weighted by atomic mass is 35.5. The number of amides is 2. The normalized spacial score (nSPS) is 15.3. The van der Waals surface area contributed by atoms with Crippen LogP contribution in [0.1, 0.15) is 33.1 Å². The topological polar surface area (TPSA) is 62.3 Å². The van der Waals surface area contributed by atoms with Crippen molar-refractivity contribution in [1.29, 1.82) is 0 Å². The van der Waals surface area contributed by atoms with Crippen molar-refractivity contribution in [3.63, 3.8) is 0 Å². The number of benzene rings is 2. The smallest absolute Gasteiger partial charge is 0.255 e. The van der Waals surface area contributed by atoms with Crippen LogP contribution in [-0.2, 0) is 17.9 Å². The van der Waals surface area contributed by atoms with Crippen molar-refractivity contribution < 1.29 is 14.0 Å². The number of hydrogen-bond acceptors (Lipinski definition) is 3. The monoisotopic (exact) mass is 409 g/mol. The number of carbonyl (C=O) groups excluding carboxylic acids is 2. The van der Waals surface area contributed by atoms with Crippen LogP contribution in [0.3, 0.4) is 0 Å². The zero-order chi connectivity index (χ0) is 20.4. The van der Waals surface area contributed by atoms with Gasteiger partial charge in [0.05, 0.1) is 0 Å². The summed E-state index contributed by atoms with van der Waals surface area (Å²) in [6.07, 6.45) is 3.33. The van der Waals surface area contributed by atoms with Crippen molar-refractivity contribution in [3.05, 3.63) is 100 Å². The second-order valence-electron chi connectivity index (χ2n) is 6.74. The Hall–Kier alpha value is -3.25. The van der Waals surface area contributed by atoms with Gasteiger partial charge >= 0.3 is 0 Å². The van der Waals surface area contributed by atoms with E-state index in [1.807, 2.05) is 6.07 Å². The third-order valence-electron chi connectivity index (χ3n) is 4.85. The minimum absolute atomic E-state index is 0.0948. The molecule has 1 aromatic heterocycles. The number of carbonyl (C=O) groups is 2. The molecule has 7 heteroatoms. The summed E-state index contributed by atoms with van der Waals surface area (Å²) >= 11 is 6.15. The molecule has 5 nitrogen and oxygen atoms in total. The van der Waals surface area contributed by atoms with Crippen LogP contribution < -0.4 is 5.32 Å². The van der Waals surface area contributed by atoms with E-state index in [9.17, 15) is 14.0 Å². The molecule has 2 heterocycles. The molecule has 0 radical (unpaired) electrons. The first-order chi connectivity index (χ1) is 14.0. The number of halogens is 2. The Labute approximate surface area is 172 Å². The van der Waals surface area contributed by atoms with Crippen molar-refractivity contribution in [2.24, 2.45) is 0 Å². The SMILES string of the molecule is O=C(NCc1cccnc1)C1c2ccccc2C(=O)N1Cc1ccc(F)cc1Cl. The maximum Gasteiger partial charge on any atom is 0.255 e. The summed E-state index contributed by atoms with van der Waals surface area (Å²) in [5, 5.41) is 3.09. The Bertz CT molecular complexity index is 1070. The summed E-state index contributed by atoms with van der Waals surface area (Å²) < 4.78 is 13.4. The predicted octanol–water partition coefficient (Wildman–Crippen LogP) is 3.89. The molecule has 0 bridgehead atoms. The van der Waals surface area contributed by atoms with E-state index in [1.165, 1.54) is 23.1 Å². The third kappa shape index (κ3) is 3.84. The van der Waals surface area contributed by atoms with Gasteiger partial charge in [-0.25, -0.2) is 4.39 Å². The van der Waals surface area contributed by atoms with Gasteiger partial charge in [-0.3, -0.25) is 14.6 Å². The molecule has 0 saturated heterocycles. The lowest BCUT2D eigenvalue weighted by Crippen LogP contribution is -2.38. The van der Waals surface area contributed by atoms with Gasteiger partial charge in [0.1, 0.15) is 11.9 Å². The highest BCUT2D eigenvalue weighted by molar-refractivity contribution is 6.31. The molecule has 1 aliphatic heterocycles. The molecule has 1 unspecified atom stereocenters. The van der Waals surface area contributed by atoms with Crippen molar-refractivity contribution in [3.8, 4) is 0 Å². The van der Waals surface area contributed by atoms with E-state index in [0.29, 0.717) is 23.2 Å². The molecular formula is C22H17ClFN3O2. The van der Waals surface area contributed by atoms with Gasteiger partial charge in [0.25, 0.3) is 5.91 Å². The van der Waals surface area contributed by atoms with Crippen molar-refractivity contribution >= 4 is 23.4 Å². The van der Waals surface area contributed by atoms with E-state index in [2.05, 4.69) is 10.3 Å². The maximum atomic E-state index is 13.4. The van der Waals surface area contributed by atoms with Crippen LogP contribution in [0.2, 0.25) is 5.02 Å². The van der Waals surface area contributed by atoms with E-state index >= 15 is 0 Å². The number of rotatable bonds is 5. The summed E-state index contributed by atoms with van der Waals surface area (Å²) in [7, 11) is 0. The zero-order valence-electron chi connectivity index (χ0n) is 15.3. The van der Waals surface area contributed by atoms with Gasteiger partial charge in [-0.1, -0.05) is 41.9 Å². The first-order valence-corrected chi connectivity index (χ1v) is 9.43. The number of fused-ring (bicyclic) bond motifs is 1. The van der Waals surface area contributed by atoms with Gasteiger partial charge in [-0.15, -0.1) is 0 Å². The van der Waals surface area contributed by atoms with Gasteiger partial charge in [-0.05, 0) is 41.0 Å². The Morgan fingerprint density at radius 1 is 1.17 bits per heavy atom. The molecule has 1 aliphatic rings. The molecule has 1 N–H and O–H groups in total. The number of aromatic nitrogens is 1. The number of pyridine rings is 1. The van der Waals surface area contributed by atoms with E-state index in [1.54, 1.807) is 42.7 Å². The maximum absolute atomic E-state index is 13.4. The van der Waals surface area contributed by atoms with Crippen molar-refractivity contribution in [2.75, 3.05) is 0 Å². The summed E-state index contributed by atoms with van der Waals surface area (Å²) in [4.78, 5) is 31.5. The minimum atomic E-state index is -0.795. The van der Waals surface area contributed by atoms with Crippen LogP contribution in [0.4, 0.5) is 4.39 Å². The van der Waals surface area contributed by atoms with Gasteiger partial charge in [0.15, 0.2) is 0 Å². The Balaban J connectivity index is 1.62. The van der Waals surface area contributed by atoms with E-state index in [0.717, 1.165) is 5.56 Å². The quantitative estimate of drug-likeness (QED) is 0.695. The van der Waals surface area contributed by atoms with Crippen LogP contribution >= 0.6 is 11.6 Å². The standard InChI is InChI=1S/C22H17ClFN3O2/c23-19-10-16(24)8-7-15(19)13-27-20(17-5-1-2-6-18(17)22(27)29)21(28)26-12-14-4-3-9-25-11-14/h1-11,20H,12-13H2,(H,26,28). The van der Waals surface area contributed by atoms with Crippen molar-refractivity contribution in [1.82, 2.24) is 15.2 Å². The van der Waals surface area contributed by atoms with Gasteiger partial charge in [0.2, 0.25) is 5.91 Å². The first-order valence-electron chi connectivity index (χ1n) is 9.05. The molecular weight excluding hydrogens is 393 g/mol. The van der Waals surface area contributed by atoms with Crippen LogP contribution in [0.25, 0.3) is 0 Å². The first kappa shape index (κ1) is 19.1. The van der Waals surface area contributed by atoms with Crippen LogP contribution in [0.15, 0.2) is 67.0 Å². The van der Waals surface area contributed by atoms with E-state index < -0.39 is 11.9 Å². The zero-order valence-corrected chi connectivity index (χ0v) is 16.1. The molecule has 0 aliphatic carbocycles. The second-order valence-corrected chi connectivity index (χ2v) is 7.14. The molecule has 146 valence electrons. The highest BCUT2D eigenvalue weighted by Crippen LogP contribution is 2.36. The average molecular weight is 410 g/mol. The Morgan fingerprint density at radius 2 is 2.00 bits per heavy atom. The lowest BCUT2D eigenvalue weighted by Gasteiger charge is -2.25. The van der Waals surface area contributed by atoms with Crippen LogP contribution in [0, 0.1) is 5.82 Å². The van der Waals surface area contributed by atoms with E-state index in [4.69, 9.17) is 11.6 Å². The third-order valence-corrected chi connectivity index (χ3v) is 5.20. The summed E-state index contributed by atoms with van der Waals surface area (Å²) in [6, 6.07) is 13.9. The molecule has 0 spiro atoms.